The van der Waals surface area contributed by atoms with E-state index in [2.05, 4.69) is 34.2 Å². The second kappa shape index (κ2) is 6.72. The number of methoxy groups -OCH3 is 1. The zero-order valence-corrected chi connectivity index (χ0v) is 10.9. The fourth-order valence-corrected chi connectivity index (χ4v) is 1.79. The van der Waals surface area contributed by atoms with Crippen molar-refractivity contribution in [2.75, 3.05) is 19.0 Å². The number of nitrogens with one attached hydrogen (secondary N) is 1. The smallest absolute Gasteiger partial charge is 0.135 e. The first-order chi connectivity index (χ1) is 7.27. The van der Waals surface area contributed by atoms with Crippen LogP contribution in [0.25, 0.3) is 0 Å². The molecule has 2 nitrogen and oxygen atoms in total. The molecule has 0 bridgehead atoms. The summed E-state index contributed by atoms with van der Waals surface area (Å²) in [7, 11) is 1.68. The first kappa shape index (κ1) is 12.4. The second-order valence-corrected chi connectivity index (χ2v) is 4.34. The van der Waals surface area contributed by atoms with Crippen molar-refractivity contribution in [2.45, 2.75) is 26.2 Å². The molecule has 0 unspecified atom stereocenters. The van der Waals surface area contributed by atoms with Crippen molar-refractivity contribution in [3.63, 3.8) is 0 Å². The van der Waals surface area contributed by atoms with Gasteiger partial charge in [0.25, 0.3) is 0 Å². The van der Waals surface area contributed by atoms with Gasteiger partial charge in [-0.2, -0.15) is 0 Å². The van der Waals surface area contributed by atoms with Gasteiger partial charge in [-0.3, -0.25) is 0 Å². The quantitative estimate of drug-likeness (QED) is 0.788. The lowest BCUT2D eigenvalue weighted by Gasteiger charge is -2.09. The average Bonchev–Trinajstić information content (AvgIpc) is 2.26. The molecular weight excluding hydrogens is 254 g/mol. The number of rotatable bonds is 6. The van der Waals surface area contributed by atoms with Gasteiger partial charge in [0, 0.05) is 18.3 Å². The minimum absolute atomic E-state index is 0.871. The third-order valence-electron chi connectivity index (χ3n) is 2.26. The SMILES string of the molecule is CCCCCNc1ccc(Br)c(OC)c1. The van der Waals surface area contributed by atoms with Gasteiger partial charge >= 0.3 is 0 Å². The number of hydrogen-bond acceptors (Lipinski definition) is 2. The molecule has 3 heteroatoms. The Morgan fingerprint density at radius 3 is 2.80 bits per heavy atom. The summed E-state index contributed by atoms with van der Waals surface area (Å²) in [5.41, 5.74) is 1.12. The number of hydrogen-bond donors (Lipinski definition) is 1. The Kier molecular flexibility index (Phi) is 5.54. The Morgan fingerprint density at radius 2 is 2.13 bits per heavy atom. The molecule has 15 heavy (non-hydrogen) atoms. The van der Waals surface area contributed by atoms with Crippen LogP contribution in [0, 0.1) is 0 Å². The van der Waals surface area contributed by atoms with Crippen LogP contribution in [0.15, 0.2) is 22.7 Å². The molecule has 0 aromatic heterocycles. The summed E-state index contributed by atoms with van der Waals surface area (Å²) in [4.78, 5) is 0. The number of unbranched alkanes of at least 4 members (excludes halogenated alkanes) is 2. The van der Waals surface area contributed by atoms with Crippen LogP contribution in [-0.2, 0) is 0 Å². The zero-order valence-electron chi connectivity index (χ0n) is 9.35. The molecule has 1 N–H and O–H groups in total. The third kappa shape index (κ3) is 4.12. The van der Waals surface area contributed by atoms with Gasteiger partial charge in [-0.25, -0.2) is 0 Å². The predicted octanol–water partition coefficient (Wildman–Crippen LogP) is 4.06. The summed E-state index contributed by atoms with van der Waals surface area (Å²) >= 11 is 3.43. The standard InChI is InChI=1S/C12H18BrNO/c1-3-4-5-8-14-10-6-7-11(13)12(9-10)15-2/h6-7,9,14H,3-5,8H2,1-2H3. The molecule has 0 amide bonds. The molecule has 0 aliphatic heterocycles. The maximum absolute atomic E-state index is 5.23. The van der Waals surface area contributed by atoms with Gasteiger partial charge in [0.1, 0.15) is 5.75 Å². The molecule has 1 aromatic rings. The molecule has 0 radical (unpaired) electrons. The van der Waals surface area contributed by atoms with Crippen LogP contribution in [0.4, 0.5) is 5.69 Å². The Bertz CT molecular complexity index is 302. The normalized spacial score (nSPS) is 10.1. The van der Waals surface area contributed by atoms with Crippen molar-refractivity contribution < 1.29 is 4.74 Å². The number of ether oxygens (including phenoxy) is 1. The second-order valence-electron chi connectivity index (χ2n) is 3.48. The van der Waals surface area contributed by atoms with Crippen molar-refractivity contribution in [1.29, 1.82) is 0 Å². The Labute approximate surface area is 100 Å². The topological polar surface area (TPSA) is 21.3 Å². The van der Waals surface area contributed by atoms with E-state index in [9.17, 15) is 0 Å². The van der Waals surface area contributed by atoms with Crippen LogP contribution in [0.2, 0.25) is 0 Å². The first-order valence-corrected chi connectivity index (χ1v) is 6.14. The van der Waals surface area contributed by atoms with E-state index in [4.69, 9.17) is 4.74 Å². The fourth-order valence-electron chi connectivity index (χ4n) is 1.38. The molecule has 0 aliphatic carbocycles. The minimum Gasteiger partial charge on any atom is -0.495 e. The molecule has 1 aromatic carbocycles. The van der Waals surface area contributed by atoms with Crippen molar-refractivity contribution in [2.24, 2.45) is 0 Å². The Morgan fingerprint density at radius 1 is 1.33 bits per heavy atom. The fraction of sp³-hybridized carbons (Fsp3) is 0.500. The number of benzene rings is 1. The molecule has 0 fully saturated rings. The van der Waals surface area contributed by atoms with Crippen molar-refractivity contribution in [1.82, 2.24) is 0 Å². The highest BCUT2D eigenvalue weighted by atomic mass is 79.9. The molecule has 0 atom stereocenters. The van der Waals surface area contributed by atoms with E-state index in [1.165, 1.54) is 19.3 Å². The molecule has 0 heterocycles. The Balaban J connectivity index is 2.47. The summed E-state index contributed by atoms with van der Waals surface area (Å²) in [5.74, 6) is 0.871. The van der Waals surface area contributed by atoms with Crippen LogP contribution < -0.4 is 10.1 Å². The van der Waals surface area contributed by atoms with Crippen LogP contribution >= 0.6 is 15.9 Å². The molecule has 84 valence electrons. The van der Waals surface area contributed by atoms with Crippen molar-refractivity contribution in [3.8, 4) is 5.75 Å². The highest BCUT2D eigenvalue weighted by molar-refractivity contribution is 9.10. The van der Waals surface area contributed by atoms with E-state index in [0.717, 1.165) is 22.5 Å². The van der Waals surface area contributed by atoms with Gasteiger partial charge < -0.3 is 10.1 Å². The molecular formula is C12H18BrNO. The maximum atomic E-state index is 5.23. The largest absolute Gasteiger partial charge is 0.495 e. The summed E-state index contributed by atoms with van der Waals surface area (Å²) < 4.78 is 6.22. The highest BCUT2D eigenvalue weighted by Gasteiger charge is 2.00. The third-order valence-corrected chi connectivity index (χ3v) is 2.92. The lowest BCUT2D eigenvalue weighted by molar-refractivity contribution is 0.412. The average molecular weight is 272 g/mol. The van der Waals surface area contributed by atoms with Gasteiger partial charge in [-0.05, 0) is 34.5 Å². The number of anilines is 1. The summed E-state index contributed by atoms with van der Waals surface area (Å²) in [6.07, 6.45) is 3.75. The van der Waals surface area contributed by atoms with Crippen LogP contribution in [-0.4, -0.2) is 13.7 Å². The lowest BCUT2D eigenvalue weighted by atomic mass is 10.2. The van der Waals surface area contributed by atoms with Gasteiger partial charge in [0.15, 0.2) is 0 Å². The molecule has 0 saturated carbocycles. The van der Waals surface area contributed by atoms with E-state index >= 15 is 0 Å². The lowest BCUT2D eigenvalue weighted by Crippen LogP contribution is -2.01. The van der Waals surface area contributed by atoms with Gasteiger partial charge in [-0.15, -0.1) is 0 Å². The highest BCUT2D eigenvalue weighted by Crippen LogP contribution is 2.27. The maximum Gasteiger partial charge on any atom is 0.135 e. The van der Waals surface area contributed by atoms with Crippen molar-refractivity contribution in [3.05, 3.63) is 22.7 Å². The van der Waals surface area contributed by atoms with E-state index in [-0.39, 0.29) is 0 Å². The van der Waals surface area contributed by atoms with E-state index in [1.54, 1.807) is 7.11 Å². The van der Waals surface area contributed by atoms with Crippen LogP contribution in [0.1, 0.15) is 26.2 Å². The molecule has 1 rings (SSSR count). The van der Waals surface area contributed by atoms with E-state index < -0.39 is 0 Å². The van der Waals surface area contributed by atoms with Crippen LogP contribution in [0.3, 0.4) is 0 Å². The van der Waals surface area contributed by atoms with Gasteiger partial charge in [0.2, 0.25) is 0 Å². The van der Waals surface area contributed by atoms with Gasteiger partial charge in [0.05, 0.1) is 11.6 Å². The van der Waals surface area contributed by atoms with E-state index in [0.29, 0.717) is 0 Å². The molecule has 0 saturated heterocycles. The number of halogens is 1. The predicted molar refractivity (Wildman–Crippen MR) is 68.7 cm³/mol. The molecule has 0 aliphatic rings. The minimum atomic E-state index is 0.871. The van der Waals surface area contributed by atoms with Crippen LogP contribution in [0.5, 0.6) is 5.75 Å². The van der Waals surface area contributed by atoms with Crippen molar-refractivity contribution >= 4 is 21.6 Å². The summed E-state index contributed by atoms with van der Waals surface area (Å²) in [6.45, 7) is 3.24. The van der Waals surface area contributed by atoms with Gasteiger partial charge in [-0.1, -0.05) is 19.8 Å². The summed E-state index contributed by atoms with van der Waals surface area (Å²) in [5, 5.41) is 3.38. The monoisotopic (exact) mass is 271 g/mol. The van der Waals surface area contributed by atoms with E-state index in [1.807, 2.05) is 12.1 Å². The Hall–Kier alpha value is -0.700. The zero-order chi connectivity index (χ0) is 11.1. The summed E-state index contributed by atoms with van der Waals surface area (Å²) in [6, 6.07) is 6.07. The molecule has 0 spiro atoms. The first-order valence-electron chi connectivity index (χ1n) is 5.35.